The number of hydrogen-bond donors (Lipinski definition) is 1. The molecule has 3 rings (SSSR count). The van der Waals surface area contributed by atoms with Gasteiger partial charge in [0.05, 0.1) is 0 Å². The van der Waals surface area contributed by atoms with Gasteiger partial charge in [-0.05, 0) is 46.9 Å². The molecule has 0 spiro atoms. The Morgan fingerprint density at radius 2 is 1.82 bits per heavy atom. The highest BCUT2D eigenvalue weighted by atomic mass is 32.2. The molecule has 2 aromatic rings. The van der Waals surface area contributed by atoms with Crippen LogP contribution < -0.4 is 0 Å². The van der Waals surface area contributed by atoms with E-state index in [0.29, 0.717) is 5.41 Å². The summed E-state index contributed by atoms with van der Waals surface area (Å²) in [6, 6.07) is 15.3. The van der Waals surface area contributed by atoms with Gasteiger partial charge >= 0.3 is 0 Å². The second-order valence-electron chi connectivity index (χ2n) is 4.96. The molecule has 2 heteroatoms. The van der Waals surface area contributed by atoms with E-state index in [0.717, 1.165) is 5.75 Å². The van der Waals surface area contributed by atoms with E-state index in [1.54, 1.807) is 0 Å². The summed E-state index contributed by atoms with van der Waals surface area (Å²) in [5, 5.41) is 2.67. The Kier molecular flexibility index (Phi) is 3.10. The standard InChI is InChI=1S/C15H16S2/c16-10-15(7-8-15)11-17-14-6-5-12-3-1-2-4-13(12)9-14/h1-6,9,16H,7-8,10-11H2. The Bertz CT molecular complexity index is 529. The molecule has 0 unspecified atom stereocenters. The third kappa shape index (κ3) is 2.48. The summed E-state index contributed by atoms with van der Waals surface area (Å²) in [7, 11) is 0. The molecule has 0 radical (unpaired) electrons. The highest BCUT2D eigenvalue weighted by Gasteiger charge is 2.40. The molecule has 0 amide bonds. The van der Waals surface area contributed by atoms with Crippen LogP contribution in [0.1, 0.15) is 12.8 Å². The van der Waals surface area contributed by atoms with Crippen molar-refractivity contribution in [3.63, 3.8) is 0 Å². The smallest absolute Gasteiger partial charge is 0.00785 e. The normalized spacial score (nSPS) is 17.2. The van der Waals surface area contributed by atoms with Gasteiger partial charge in [0.15, 0.2) is 0 Å². The molecule has 0 aromatic heterocycles. The SMILES string of the molecule is SCC1(CSc2ccc3ccccc3c2)CC1. The van der Waals surface area contributed by atoms with Gasteiger partial charge in [0.25, 0.3) is 0 Å². The molecule has 0 aliphatic heterocycles. The summed E-state index contributed by atoms with van der Waals surface area (Å²) in [5.41, 5.74) is 0.541. The van der Waals surface area contributed by atoms with E-state index in [9.17, 15) is 0 Å². The summed E-state index contributed by atoms with van der Waals surface area (Å²) in [6.45, 7) is 0. The van der Waals surface area contributed by atoms with Crippen molar-refractivity contribution in [2.75, 3.05) is 11.5 Å². The third-order valence-electron chi connectivity index (χ3n) is 3.56. The Morgan fingerprint density at radius 3 is 2.53 bits per heavy atom. The first-order valence-corrected chi connectivity index (χ1v) is 7.66. The van der Waals surface area contributed by atoms with Crippen molar-refractivity contribution in [3.8, 4) is 0 Å². The summed E-state index contributed by atoms with van der Waals surface area (Å²) in [6.07, 6.45) is 2.72. The van der Waals surface area contributed by atoms with Crippen LogP contribution in [0.25, 0.3) is 10.8 Å². The average molecular weight is 260 g/mol. The van der Waals surface area contributed by atoms with Crippen molar-refractivity contribution < 1.29 is 0 Å². The van der Waals surface area contributed by atoms with Crippen LogP contribution in [0.15, 0.2) is 47.4 Å². The van der Waals surface area contributed by atoms with Crippen molar-refractivity contribution in [2.24, 2.45) is 5.41 Å². The van der Waals surface area contributed by atoms with Crippen LogP contribution in [-0.4, -0.2) is 11.5 Å². The molecule has 0 atom stereocenters. The van der Waals surface area contributed by atoms with Crippen LogP contribution in [0.4, 0.5) is 0 Å². The monoisotopic (exact) mass is 260 g/mol. The summed E-state index contributed by atoms with van der Waals surface area (Å²) < 4.78 is 0. The zero-order valence-electron chi connectivity index (χ0n) is 9.73. The lowest BCUT2D eigenvalue weighted by atomic mass is 10.1. The summed E-state index contributed by atoms with van der Waals surface area (Å²) in [5.74, 6) is 2.25. The van der Waals surface area contributed by atoms with Crippen molar-refractivity contribution in [2.45, 2.75) is 17.7 Å². The van der Waals surface area contributed by atoms with Crippen LogP contribution in [0, 0.1) is 5.41 Å². The van der Waals surface area contributed by atoms with Gasteiger partial charge in [-0.15, -0.1) is 11.8 Å². The van der Waals surface area contributed by atoms with E-state index >= 15 is 0 Å². The average Bonchev–Trinajstić information content (AvgIpc) is 3.17. The second-order valence-corrected chi connectivity index (χ2v) is 6.32. The van der Waals surface area contributed by atoms with Crippen LogP contribution in [0.5, 0.6) is 0 Å². The maximum absolute atomic E-state index is 4.46. The van der Waals surface area contributed by atoms with Crippen molar-refractivity contribution >= 4 is 35.2 Å². The highest BCUT2D eigenvalue weighted by Crippen LogP contribution is 2.49. The number of fused-ring (bicyclic) bond motifs is 1. The van der Waals surface area contributed by atoms with Crippen LogP contribution in [0.2, 0.25) is 0 Å². The molecule has 1 fully saturated rings. The van der Waals surface area contributed by atoms with E-state index in [2.05, 4.69) is 55.1 Å². The van der Waals surface area contributed by atoms with Gasteiger partial charge in [0, 0.05) is 10.6 Å². The fourth-order valence-corrected chi connectivity index (χ4v) is 3.84. The van der Waals surface area contributed by atoms with E-state index in [4.69, 9.17) is 0 Å². The van der Waals surface area contributed by atoms with Gasteiger partial charge in [0.1, 0.15) is 0 Å². The fourth-order valence-electron chi connectivity index (χ4n) is 2.02. The molecule has 17 heavy (non-hydrogen) atoms. The fraction of sp³-hybridized carbons (Fsp3) is 0.333. The predicted octanol–water partition coefficient (Wildman–Crippen LogP) is 4.64. The molecule has 0 nitrogen and oxygen atoms in total. The van der Waals surface area contributed by atoms with Crippen LogP contribution >= 0.6 is 24.4 Å². The Balaban J connectivity index is 1.77. The number of benzene rings is 2. The molecule has 0 N–H and O–H groups in total. The molecular weight excluding hydrogens is 244 g/mol. The van der Waals surface area contributed by atoms with Crippen molar-refractivity contribution in [1.82, 2.24) is 0 Å². The highest BCUT2D eigenvalue weighted by molar-refractivity contribution is 7.99. The Labute approximate surface area is 112 Å². The maximum Gasteiger partial charge on any atom is 0.00785 e. The van der Waals surface area contributed by atoms with Crippen molar-refractivity contribution in [1.29, 1.82) is 0 Å². The zero-order valence-corrected chi connectivity index (χ0v) is 11.4. The molecule has 88 valence electrons. The van der Waals surface area contributed by atoms with Gasteiger partial charge in [-0.25, -0.2) is 0 Å². The van der Waals surface area contributed by atoms with Gasteiger partial charge in [-0.2, -0.15) is 12.6 Å². The summed E-state index contributed by atoms with van der Waals surface area (Å²) in [4.78, 5) is 1.39. The van der Waals surface area contributed by atoms with Gasteiger partial charge in [0.2, 0.25) is 0 Å². The lowest BCUT2D eigenvalue weighted by Crippen LogP contribution is -2.05. The Morgan fingerprint density at radius 1 is 1.06 bits per heavy atom. The molecule has 1 saturated carbocycles. The van der Waals surface area contributed by atoms with Crippen molar-refractivity contribution in [3.05, 3.63) is 42.5 Å². The molecule has 1 aliphatic rings. The van der Waals surface area contributed by atoms with E-state index in [1.165, 1.54) is 34.3 Å². The molecule has 1 aliphatic carbocycles. The molecule has 2 aromatic carbocycles. The van der Waals surface area contributed by atoms with Gasteiger partial charge in [-0.1, -0.05) is 30.3 Å². The molecular formula is C15H16S2. The van der Waals surface area contributed by atoms with Gasteiger partial charge < -0.3 is 0 Å². The number of thiol groups is 1. The second kappa shape index (κ2) is 4.58. The molecule has 0 saturated heterocycles. The van der Waals surface area contributed by atoms with Gasteiger partial charge in [-0.3, -0.25) is 0 Å². The predicted molar refractivity (Wildman–Crippen MR) is 80.2 cm³/mol. The summed E-state index contributed by atoms with van der Waals surface area (Å²) >= 11 is 6.44. The third-order valence-corrected chi connectivity index (χ3v) is 5.57. The number of hydrogen-bond acceptors (Lipinski definition) is 2. The number of thioether (sulfide) groups is 1. The molecule has 0 bridgehead atoms. The number of rotatable bonds is 4. The van der Waals surface area contributed by atoms with Crippen LogP contribution in [0.3, 0.4) is 0 Å². The molecule has 0 heterocycles. The Hall–Kier alpha value is -0.600. The first-order chi connectivity index (χ1) is 8.31. The topological polar surface area (TPSA) is 0 Å². The minimum absolute atomic E-state index is 0.541. The van der Waals surface area contributed by atoms with E-state index in [-0.39, 0.29) is 0 Å². The van der Waals surface area contributed by atoms with E-state index < -0.39 is 0 Å². The first-order valence-electron chi connectivity index (χ1n) is 6.04. The minimum atomic E-state index is 0.541. The maximum atomic E-state index is 4.46. The van der Waals surface area contributed by atoms with E-state index in [1.807, 2.05) is 11.8 Å². The zero-order chi connectivity index (χ0) is 11.7. The lowest BCUT2D eigenvalue weighted by molar-refractivity contribution is 0.683. The van der Waals surface area contributed by atoms with Crippen LogP contribution in [-0.2, 0) is 0 Å². The minimum Gasteiger partial charge on any atom is -0.179 e. The largest absolute Gasteiger partial charge is 0.179 e. The first kappa shape index (κ1) is 11.5. The quantitative estimate of drug-likeness (QED) is 0.617. The lowest BCUT2D eigenvalue weighted by Gasteiger charge is -2.11.